The van der Waals surface area contributed by atoms with Gasteiger partial charge in [-0.3, -0.25) is 4.98 Å². The van der Waals surface area contributed by atoms with Gasteiger partial charge in [0.05, 0.1) is 12.0 Å². The zero-order valence-electron chi connectivity index (χ0n) is 25.6. The maximum absolute atomic E-state index is 13.6. The SMILES string of the molecule is COc1ccc2nc(N3CCC(C4CCCC4)[C@]3(C(=O)O)c3ccc(S(=O)(=O)NCC(c4cccnc4)N(C)C)cc3)sc2n1. The summed E-state index contributed by atoms with van der Waals surface area (Å²) in [5.41, 5.74) is 0.717. The Hall–Kier alpha value is -3.65. The third-order valence-corrected chi connectivity index (χ3v) is 11.8. The van der Waals surface area contributed by atoms with Crippen LogP contribution in [0.5, 0.6) is 5.88 Å². The first kappa shape index (κ1) is 31.3. The van der Waals surface area contributed by atoms with Gasteiger partial charge in [-0.25, -0.2) is 27.9 Å². The van der Waals surface area contributed by atoms with Crippen molar-refractivity contribution in [3.8, 4) is 5.88 Å². The third-order valence-electron chi connectivity index (χ3n) is 9.34. The summed E-state index contributed by atoms with van der Waals surface area (Å²) < 4.78 is 34.9. The van der Waals surface area contributed by atoms with Crippen molar-refractivity contribution in [2.75, 3.05) is 39.2 Å². The van der Waals surface area contributed by atoms with Gasteiger partial charge in [0.25, 0.3) is 0 Å². The summed E-state index contributed by atoms with van der Waals surface area (Å²) in [6, 6.07) is 13.5. The molecule has 3 atom stereocenters. The van der Waals surface area contributed by atoms with Gasteiger partial charge in [-0.1, -0.05) is 55.2 Å². The van der Waals surface area contributed by atoms with E-state index < -0.39 is 21.5 Å². The molecule has 6 rings (SSSR count). The number of hydrogen-bond donors (Lipinski definition) is 2. The number of hydrogen-bond acceptors (Lipinski definition) is 10. The summed E-state index contributed by atoms with van der Waals surface area (Å²) in [5, 5.41) is 11.7. The number of fused-ring (bicyclic) bond motifs is 1. The van der Waals surface area contributed by atoms with E-state index in [0.29, 0.717) is 39.9 Å². The number of aliphatic carboxylic acids is 1. The fraction of sp³-hybridized carbons (Fsp3) is 0.438. The molecular formula is C32H38N6O5S2. The van der Waals surface area contributed by atoms with E-state index in [4.69, 9.17) is 9.72 Å². The molecule has 2 N–H and O–H groups in total. The molecule has 0 bridgehead atoms. The molecule has 13 heteroatoms. The van der Waals surface area contributed by atoms with Gasteiger partial charge < -0.3 is 19.6 Å². The molecule has 3 aromatic heterocycles. The molecule has 4 heterocycles. The maximum atomic E-state index is 13.6. The smallest absolute Gasteiger partial charge is 0.334 e. The Morgan fingerprint density at radius 1 is 1.13 bits per heavy atom. The molecule has 4 aromatic rings. The van der Waals surface area contributed by atoms with Crippen LogP contribution in [0.2, 0.25) is 0 Å². The minimum atomic E-state index is -3.88. The van der Waals surface area contributed by atoms with Crippen molar-refractivity contribution in [3.63, 3.8) is 0 Å². The average Bonchev–Trinajstić information content (AvgIpc) is 3.79. The topological polar surface area (TPSA) is 138 Å². The lowest BCUT2D eigenvalue weighted by Crippen LogP contribution is -2.53. The van der Waals surface area contributed by atoms with Gasteiger partial charge >= 0.3 is 5.97 Å². The van der Waals surface area contributed by atoms with Gasteiger partial charge in [-0.15, -0.1) is 0 Å². The number of sulfonamides is 1. The Balaban J connectivity index is 1.35. The summed E-state index contributed by atoms with van der Waals surface area (Å²) in [6.45, 7) is 0.669. The lowest BCUT2D eigenvalue weighted by Gasteiger charge is -2.41. The highest BCUT2D eigenvalue weighted by atomic mass is 32.2. The van der Waals surface area contributed by atoms with Crippen LogP contribution in [0, 0.1) is 11.8 Å². The first-order valence-electron chi connectivity index (χ1n) is 15.1. The first-order chi connectivity index (χ1) is 21.6. The Morgan fingerprint density at radius 3 is 2.53 bits per heavy atom. The molecule has 2 unspecified atom stereocenters. The third kappa shape index (κ3) is 5.78. The molecule has 1 saturated carbocycles. The van der Waals surface area contributed by atoms with E-state index in [0.717, 1.165) is 31.2 Å². The van der Waals surface area contributed by atoms with Crippen LogP contribution < -0.4 is 14.4 Å². The largest absolute Gasteiger partial charge is 0.481 e. The fourth-order valence-corrected chi connectivity index (χ4v) is 9.21. The van der Waals surface area contributed by atoms with Crippen LogP contribution in [-0.2, 0) is 20.4 Å². The van der Waals surface area contributed by atoms with E-state index >= 15 is 0 Å². The zero-order valence-corrected chi connectivity index (χ0v) is 27.2. The Morgan fingerprint density at radius 2 is 1.89 bits per heavy atom. The monoisotopic (exact) mass is 650 g/mol. The summed E-state index contributed by atoms with van der Waals surface area (Å²) in [6.07, 6.45) is 8.23. The van der Waals surface area contributed by atoms with Crippen molar-refractivity contribution >= 4 is 42.8 Å². The summed E-state index contributed by atoms with van der Waals surface area (Å²) in [7, 11) is 1.44. The molecule has 238 valence electrons. The lowest BCUT2D eigenvalue weighted by atomic mass is 9.71. The number of nitrogens with one attached hydrogen (secondary N) is 1. The number of likely N-dealkylation sites (N-methyl/N-ethyl adjacent to an activating group) is 1. The summed E-state index contributed by atoms with van der Waals surface area (Å²) >= 11 is 1.35. The highest BCUT2D eigenvalue weighted by molar-refractivity contribution is 7.89. The van der Waals surface area contributed by atoms with E-state index in [1.807, 2.05) is 42.1 Å². The normalized spacial score (nSPS) is 21.5. The number of carboxylic acid groups (broad SMARTS) is 1. The van der Waals surface area contributed by atoms with Crippen LogP contribution in [0.1, 0.15) is 49.3 Å². The number of carbonyl (C=O) groups is 1. The van der Waals surface area contributed by atoms with Gasteiger partial charge in [0.2, 0.25) is 15.9 Å². The van der Waals surface area contributed by atoms with Gasteiger partial charge in [-0.05, 0) is 61.8 Å². The number of benzene rings is 1. The Kier molecular flexibility index (Phi) is 8.79. The second-order valence-electron chi connectivity index (χ2n) is 12.0. The number of thiazole rings is 1. The van der Waals surface area contributed by atoms with E-state index in [-0.39, 0.29) is 29.3 Å². The number of aromatic nitrogens is 3. The molecular weight excluding hydrogens is 613 g/mol. The second kappa shape index (κ2) is 12.6. The standard InChI is InChI=1S/C32H38N6O5S2/c1-37(2)27(22-9-6-17-33-19-22)20-34-45(41,42)24-12-10-23(11-13-24)32(30(39)40)25(21-7-4-5-8-21)16-18-38(32)31-35-26-14-15-28(43-3)36-29(26)44-31/h6,9-15,17,19,21,25,27,34H,4-5,7-8,16,18,20H2,1-3H3,(H,39,40)/t25?,27?,32-/m0/s1. The number of rotatable bonds is 11. The van der Waals surface area contributed by atoms with Crippen molar-refractivity contribution in [3.05, 3.63) is 72.1 Å². The first-order valence-corrected chi connectivity index (χ1v) is 17.4. The highest BCUT2D eigenvalue weighted by Crippen LogP contribution is 2.53. The molecule has 0 amide bonds. The van der Waals surface area contributed by atoms with E-state index in [1.54, 1.807) is 37.7 Å². The lowest BCUT2D eigenvalue weighted by molar-refractivity contribution is -0.146. The summed E-state index contributed by atoms with van der Waals surface area (Å²) in [4.78, 5) is 31.7. The number of anilines is 1. The van der Waals surface area contributed by atoms with Crippen LogP contribution in [0.15, 0.2) is 65.8 Å². The number of ether oxygens (including phenoxy) is 1. The van der Waals surface area contributed by atoms with Crippen molar-refractivity contribution in [2.24, 2.45) is 11.8 Å². The van der Waals surface area contributed by atoms with Crippen molar-refractivity contribution in [1.82, 2.24) is 24.6 Å². The Labute approximate surface area is 267 Å². The van der Waals surface area contributed by atoms with Crippen LogP contribution in [-0.4, -0.2) is 73.6 Å². The van der Waals surface area contributed by atoms with Crippen LogP contribution in [0.25, 0.3) is 10.3 Å². The molecule has 2 aliphatic rings. The highest BCUT2D eigenvalue weighted by Gasteiger charge is 2.59. The molecule has 1 aromatic carbocycles. The molecule has 45 heavy (non-hydrogen) atoms. The van der Waals surface area contributed by atoms with E-state index in [1.165, 1.54) is 23.5 Å². The van der Waals surface area contributed by atoms with E-state index in [9.17, 15) is 18.3 Å². The Bertz CT molecular complexity index is 1760. The van der Waals surface area contributed by atoms with Crippen molar-refractivity contribution < 1.29 is 23.1 Å². The molecule has 2 fully saturated rings. The molecule has 1 aliphatic heterocycles. The predicted octanol–water partition coefficient (Wildman–Crippen LogP) is 4.67. The summed E-state index contributed by atoms with van der Waals surface area (Å²) in [5.74, 6) is -0.400. The van der Waals surface area contributed by atoms with Crippen LogP contribution in [0.4, 0.5) is 5.13 Å². The van der Waals surface area contributed by atoms with Crippen molar-refractivity contribution in [1.29, 1.82) is 0 Å². The minimum absolute atomic E-state index is 0.0775. The molecule has 11 nitrogen and oxygen atoms in total. The minimum Gasteiger partial charge on any atom is -0.481 e. The van der Waals surface area contributed by atoms with E-state index in [2.05, 4.69) is 14.7 Å². The number of pyridine rings is 2. The molecule has 1 saturated heterocycles. The van der Waals surface area contributed by atoms with Crippen molar-refractivity contribution in [2.45, 2.75) is 48.6 Å². The number of methoxy groups -OCH3 is 1. The van der Waals surface area contributed by atoms with Gasteiger partial charge in [0.15, 0.2) is 10.7 Å². The number of carboxylic acids is 1. The molecule has 0 radical (unpaired) electrons. The quantitative estimate of drug-likeness (QED) is 0.236. The zero-order chi connectivity index (χ0) is 31.8. The van der Waals surface area contributed by atoms with Gasteiger partial charge in [-0.2, -0.15) is 0 Å². The predicted molar refractivity (Wildman–Crippen MR) is 173 cm³/mol. The molecule has 0 spiro atoms. The molecule has 1 aliphatic carbocycles. The average molecular weight is 651 g/mol. The van der Waals surface area contributed by atoms with Gasteiger partial charge in [0.1, 0.15) is 10.3 Å². The van der Waals surface area contributed by atoms with Crippen LogP contribution >= 0.6 is 11.3 Å². The van der Waals surface area contributed by atoms with Gasteiger partial charge in [0, 0.05) is 43.5 Å². The second-order valence-corrected chi connectivity index (χ2v) is 14.7. The maximum Gasteiger partial charge on any atom is 0.334 e. The fourth-order valence-electron chi connectivity index (χ4n) is 7.15. The number of nitrogens with zero attached hydrogens (tertiary/aromatic N) is 5. The van der Waals surface area contributed by atoms with Crippen LogP contribution in [0.3, 0.4) is 0 Å².